The number of rotatable bonds is 24. The number of ether oxygens (including phenoxy) is 8. The molecule has 0 unspecified atom stereocenters. The highest BCUT2D eigenvalue weighted by Gasteiger charge is 2.40. The van der Waals surface area contributed by atoms with Crippen molar-refractivity contribution in [3.8, 4) is 11.5 Å². The van der Waals surface area contributed by atoms with E-state index in [1.165, 1.54) is 30.9 Å². The summed E-state index contributed by atoms with van der Waals surface area (Å²) in [5.74, 6) is -1.55. The lowest BCUT2D eigenvalue weighted by atomic mass is 10.1. The number of aliphatic hydroxyl groups is 1. The molecule has 4 aromatic heterocycles. The van der Waals surface area contributed by atoms with Crippen LogP contribution in [0.25, 0.3) is 0 Å². The van der Waals surface area contributed by atoms with Gasteiger partial charge in [-0.05, 0) is 30.3 Å². The SMILES string of the molecule is COCCc1nccnc1C(=O)N1CCOC[C@H]1CO.COCCc1nccnc1C(=O)N1CCOC[C@H]1CO[Si](C)(C)C(C)(C)C.COCCc1nccnc1C(=O)N1CCOC[C@H]1COc1cccc(O)c1C=O.COCCc1nccnc1C(=O)O. The van der Waals surface area contributed by atoms with Gasteiger partial charge in [-0.15, -0.1) is 0 Å². The van der Waals surface area contributed by atoms with Crippen LogP contribution in [-0.4, -0.2) is 260 Å². The van der Waals surface area contributed by atoms with E-state index >= 15 is 0 Å². The van der Waals surface area contributed by atoms with Crippen LogP contribution in [0.2, 0.25) is 18.1 Å². The second-order valence-electron chi connectivity index (χ2n) is 21.7. The van der Waals surface area contributed by atoms with Crippen molar-refractivity contribution in [1.29, 1.82) is 0 Å². The van der Waals surface area contributed by atoms with Gasteiger partial charge in [-0.25, -0.2) is 24.7 Å². The molecule has 3 fully saturated rings. The van der Waals surface area contributed by atoms with Gasteiger partial charge in [0.2, 0.25) is 0 Å². The Labute approximate surface area is 519 Å². The number of aliphatic hydroxyl groups excluding tert-OH is 1. The van der Waals surface area contributed by atoms with Crippen molar-refractivity contribution in [3.63, 3.8) is 0 Å². The molecule has 8 rings (SSSR count). The van der Waals surface area contributed by atoms with Crippen molar-refractivity contribution in [3.05, 3.63) is 119 Å². The molecule has 0 saturated carbocycles. The molecule has 0 spiro atoms. The van der Waals surface area contributed by atoms with Crippen LogP contribution in [0.1, 0.15) is 95.9 Å². The first-order valence-electron chi connectivity index (χ1n) is 29.0. The second kappa shape index (κ2) is 37.5. The minimum atomic E-state index is -1.90. The lowest BCUT2D eigenvalue weighted by Crippen LogP contribution is -2.53. The maximum Gasteiger partial charge on any atom is 0.356 e. The minimum absolute atomic E-state index is 0.000417. The molecule has 28 nitrogen and oxygen atoms in total. The van der Waals surface area contributed by atoms with Crippen LogP contribution in [0.5, 0.6) is 11.5 Å². The van der Waals surface area contributed by atoms with Gasteiger partial charge in [-0.3, -0.25) is 39.1 Å². The Morgan fingerprint density at radius 2 is 0.933 bits per heavy atom. The number of aromatic nitrogens is 8. The molecule has 29 heteroatoms. The summed E-state index contributed by atoms with van der Waals surface area (Å²) < 4.78 is 48.6. The average Bonchev–Trinajstić information content (AvgIpc) is 3.14. The number of carbonyl (C=O) groups is 5. The first kappa shape index (κ1) is 72.3. The van der Waals surface area contributed by atoms with E-state index in [-0.39, 0.29) is 89.2 Å². The Morgan fingerprint density at radius 3 is 1.30 bits per heavy atom. The molecule has 3 N–H and O–H groups in total. The van der Waals surface area contributed by atoms with Crippen LogP contribution in [-0.2, 0) is 63.3 Å². The number of benzene rings is 1. The molecule has 3 aliphatic rings. The van der Waals surface area contributed by atoms with Crippen molar-refractivity contribution in [2.75, 3.05) is 134 Å². The first-order valence-corrected chi connectivity index (χ1v) is 32.0. The van der Waals surface area contributed by atoms with Crippen LogP contribution in [0.4, 0.5) is 0 Å². The molecular weight excluding hydrogens is 1170 g/mol. The normalized spacial score (nSPS) is 16.7. The summed E-state index contributed by atoms with van der Waals surface area (Å²) in [4.78, 5) is 99.0. The number of hydrogen-bond acceptors (Lipinski definition) is 24. The molecule has 486 valence electrons. The van der Waals surface area contributed by atoms with E-state index in [1.54, 1.807) is 75.2 Å². The van der Waals surface area contributed by atoms with E-state index in [9.17, 15) is 34.2 Å². The molecule has 0 radical (unpaired) electrons. The van der Waals surface area contributed by atoms with Crippen LogP contribution >= 0.6 is 0 Å². The Morgan fingerprint density at radius 1 is 0.573 bits per heavy atom. The van der Waals surface area contributed by atoms with E-state index in [2.05, 4.69) is 73.7 Å². The number of nitrogens with zero attached hydrogens (tertiary/aromatic N) is 11. The lowest BCUT2D eigenvalue weighted by Gasteiger charge is -2.40. The second-order valence-corrected chi connectivity index (χ2v) is 26.5. The van der Waals surface area contributed by atoms with Gasteiger partial charge in [0.25, 0.3) is 17.7 Å². The number of carboxylic acids is 1. The number of aldehydes is 1. The first-order chi connectivity index (χ1) is 42.8. The molecule has 7 heterocycles. The zero-order valence-corrected chi connectivity index (χ0v) is 53.3. The Kier molecular flexibility index (Phi) is 30.5. The summed E-state index contributed by atoms with van der Waals surface area (Å²) in [7, 11) is 4.47. The van der Waals surface area contributed by atoms with Crippen molar-refractivity contribution in [2.24, 2.45) is 0 Å². The summed E-state index contributed by atoms with van der Waals surface area (Å²) in [6.45, 7) is 17.2. The third-order valence-electron chi connectivity index (χ3n) is 14.8. The average molecular weight is 1260 g/mol. The van der Waals surface area contributed by atoms with Crippen LogP contribution in [0.15, 0.2) is 67.8 Å². The van der Waals surface area contributed by atoms with Gasteiger partial charge in [0.1, 0.15) is 35.2 Å². The minimum Gasteiger partial charge on any atom is -0.507 e. The van der Waals surface area contributed by atoms with Gasteiger partial charge >= 0.3 is 5.97 Å². The highest BCUT2D eigenvalue weighted by Crippen LogP contribution is 2.37. The molecule has 3 atom stereocenters. The zero-order valence-electron chi connectivity index (χ0n) is 52.3. The zero-order chi connectivity index (χ0) is 64.8. The number of amides is 3. The molecule has 0 bridgehead atoms. The lowest BCUT2D eigenvalue weighted by molar-refractivity contribution is -0.0187. The molecule has 3 amide bonds. The van der Waals surface area contributed by atoms with Crippen LogP contribution < -0.4 is 4.74 Å². The smallest absolute Gasteiger partial charge is 0.356 e. The molecule has 3 aliphatic heterocycles. The number of hydrogen-bond donors (Lipinski definition) is 3. The maximum atomic E-state index is 13.2. The fraction of sp³-hybridized carbons (Fsp3) is 0.550. The van der Waals surface area contributed by atoms with E-state index in [1.807, 2.05) is 4.90 Å². The van der Waals surface area contributed by atoms with Gasteiger partial charge in [0.15, 0.2) is 20.3 Å². The number of aromatic carboxylic acids is 1. The van der Waals surface area contributed by atoms with E-state index in [0.717, 1.165) is 0 Å². The molecule has 3 saturated heterocycles. The number of morpholine rings is 3. The number of carboxylic acid groups (broad SMARTS) is 1. The standard InChI is InChI=1S/C20H23N3O6.C19H33N3O4Si.C13H19N3O4.C8H10N2O3/c1-27-9-5-16-19(22-7-6-21-16)20(26)23-8-10-28-12-14(23)13-29-18-4-2-3-17(25)15(18)11-24;1-19(2,3)27(5,6)26-14-15-13-25-12-10-22(15)18(23)17-16(7-11-24-4)20-8-9-21-17;1-19-6-2-11-12(15-4-3-14-11)13(18)16-5-7-20-9-10(16)8-17;1-13-5-2-6-7(8(11)12)10-4-3-9-6/h2-4,6-7,11,14,25H,5,8-10,12-13H2,1H3;8-9,15H,7,10-14H2,1-6H3;3-4,10,17H,2,5-9H2,1H3;3-4H,2,5H2,1H3,(H,11,12)/t14-;15-;10-;/m001./s1. The Hall–Kier alpha value is -7.45. The number of phenolic OH excluding ortho intramolecular Hbond substituents is 1. The predicted molar refractivity (Wildman–Crippen MR) is 324 cm³/mol. The number of carbonyl (C=O) groups excluding carboxylic acids is 4. The summed E-state index contributed by atoms with van der Waals surface area (Å²) in [5, 5.41) is 28.0. The predicted octanol–water partition coefficient (Wildman–Crippen LogP) is 3.49. The maximum absolute atomic E-state index is 13.2. The number of aromatic hydroxyl groups is 1. The highest BCUT2D eigenvalue weighted by atomic mass is 28.4. The topological polar surface area (TPSA) is 342 Å². The summed E-state index contributed by atoms with van der Waals surface area (Å²) in [6.07, 6.45) is 14.6. The van der Waals surface area contributed by atoms with Gasteiger partial charge in [-0.1, -0.05) is 26.8 Å². The van der Waals surface area contributed by atoms with Gasteiger partial charge in [0.05, 0.1) is 126 Å². The molecule has 5 aromatic rings. The highest BCUT2D eigenvalue weighted by molar-refractivity contribution is 6.74. The summed E-state index contributed by atoms with van der Waals surface area (Å²) in [5.41, 5.74) is 3.37. The van der Waals surface area contributed by atoms with Crippen molar-refractivity contribution in [1.82, 2.24) is 54.6 Å². The van der Waals surface area contributed by atoms with Crippen molar-refractivity contribution < 1.29 is 81.6 Å². The number of methoxy groups -OCH3 is 4. The fourth-order valence-electron chi connectivity index (χ4n) is 8.79. The quantitative estimate of drug-likeness (QED) is 0.0588. The number of phenols is 1. The molecule has 89 heavy (non-hydrogen) atoms. The van der Waals surface area contributed by atoms with Crippen molar-refractivity contribution in [2.45, 2.75) is 82.7 Å². The van der Waals surface area contributed by atoms with E-state index in [0.29, 0.717) is 152 Å². The monoisotopic (exact) mass is 1260 g/mol. The van der Waals surface area contributed by atoms with Gasteiger partial charge in [-0.2, -0.15) is 0 Å². The van der Waals surface area contributed by atoms with E-state index < -0.39 is 14.3 Å². The van der Waals surface area contributed by atoms with E-state index in [4.69, 9.17) is 47.4 Å². The largest absolute Gasteiger partial charge is 0.507 e. The van der Waals surface area contributed by atoms with Crippen LogP contribution in [0.3, 0.4) is 0 Å². The Balaban J connectivity index is 0.000000224. The van der Waals surface area contributed by atoms with Gasteiger partial charge < -0.3 is 72.3 Å². The molecular formula is C60H85N11O17Si. The summed E-state index contributed by atoms with van der Waals surface area (Å²) >= 11 is 0. The summed E-state index contributed by atoms with van der Waals surface area (Å²) in [6, 6.07) is 3.76. The molecule has 0 aliphatic carbocycles. The van der Waals surface area contributed by atoms with Crippen LogP contribution in [0, 0.1) is 0 Å². The molecule has 1 aromatic carbocycles. The fourth-order valence-corrected chi connectivity index (χ4v) is 9.84. The third kappa shape index (κ3) is 21.6. The van der Waals surface area contributed by atoms with Gasteiger partial charge in [0, 0.05) is 123 Å². The third-order valence-corrected chi connectivity index (χ3v) is 19.3. The Bertz CT molecular complexity index is 3020. The van der Waals surface area contributed by atoms with Crippen molar-refractivity contribution >= 4 is 38.3 Å².